The van der Waals surface area contributed by atoms with E-state index in [0.29, 0.717) is 12.1 Å². The summed E-state index contributed by atoms with van der Waals surface area (Å²) in [7, 11) is 0. The molecule has 2 N–H and O–H groups in total. The van der Waals surface area contributed by atoms with Crippen molar-refractivity contribution in [2.24, 2.45) is 0 Å². The number of H-pyrrole nitrogens is 1. The van der Waals surface area contributed by atoms with Gasteiger partial charge in [0.1, 0.15) is 5.56 Å². The van der Waals surface area contributed by atoms with E-state index in [1.54, 1.807) is 24.8 Å². The first kappa shape index (κ1) is 12.8. The van der Waals surface area contributed by atoms with Crippen LogP contribution in [-0.2, 0) is 0 Å². The summed E-state index contributed by atoms with van der Waals surface area (Å²) >= 11 is 0. The minimum absolute atomic E-state index is 0.0471. The SMILES string of the molecule is Cc1cc(C)c(C(=O)N2CCC[C@H]2CO)c(=O)[nH]1. The largest absolute Gasteiger partial charge is 0.394 e. The molecular weight excluding hydrogens is 232 g/mol. The number of aromatic amines is 1. The first-order chi connectivity index (χ1) is 8.54. The van der Waals surface area contributed by atoms with Crippen LogP contribution < -0.4 is 5.56 Å². The second-order valence-corrected chi connectivity index (χ2v) is 4.82. The first-order valence-electron chi connectivity index (χ1n) is 6.17. The summed E-state index contributed by atoms with van der Waals surface area (Å²) in [6, 6.07) is 1.64. The lowest BCUT2D eigenvalue weighted by Gasteiger charge is -2.23. The van der Waals surface area contributed by atoms with Gasteiger partial charge in [-0.15, -0.1) is 0 Å². The molecule has 1 aliphatic rings. The van der Waals surface area contributed by atoms with Crippen molar-refractivity contribution < 1.29 is 9.90 Å². The molecule has 1 amide bonds. The lowest BCUT2D eigenvalue weighted by molar-refractivity contribution is 0.0675. The Balaban J connectivity index is 2.37. The maximum atomic E-state index is 12.4. The minimum atomic E-state index is -0.346. The lowest BCUT2D eigenvalue weighted by atomic mass is 10.1. The third kappa shape index (κ3) is 2.18. The molecule has 1 saturated heterocycles. The van der Waals surface area contributed by atoms with Gasteiger partial charge >= 0.3 is 0 Å². The van der Waals surface area contributed by atoms with E-state index in [4.69, 9.17) is 0 Å². The summed E-state index contributed by atoms with van der Waals surface area (Å²) < 4.78 is 0. The molecule has 98 valence electrons. The Morgan fingerprint density at radius 1 is 1.56 bits per heavy atom. The molecule has 0 aliphatic carbocycles. The van der Waals surface area contributed by atoms with Crippen molar-refractivity contribution in [2.75, 3.05) is 13.2 Å². The highest BCUT2D eigenvalue weighted by molar-refractivity contribution is 5.95. The van der Waals surface area contributed by atoms with Gasteiger partial charge in [-0.1, -0.05) is 0 Å². The summed E-state index contributed by atoms with van der Waals surface area (Å²) in [5, 5.41) is 9.24. The number of likely N-dealkylation sites (tertiary alicyclic amines) is 1. The molecule has 2 rings (SSSR count). The highest BCUT2D eigenvalue weighted by Gasteiger charge is 2.30. The molecule has 1 aromatic rings. The molecule has 5 nitrogen and oxygen atoms in total. The molecule has 1 atom stereocenters. The number of nitrogens with one attached hydrogen (secondary N) is 1. The van der Waals surface area contributed by atoms with Crippen LogP contribution in [0, 0.1) is 13.8 Å². The van der Waals surface area contributed by atoms with Crippen molar-refractivity contribution >= 4 is 5.91 Å². The van der Waals surface area contributed by atoms with E-state index in [9.17, 15) is 14.7 Å². The number of hydrogen-bond acceptors (Lipinski definition) is 3. The summed E-state index contributed by atoms with van der Waals surface area (Å²) in [5.41, 5.74) is 1.28. The van der Waals surface area contributed by atoms with Crippen LogP contribution in [0.15, 0.2) is 10.9 Å². The molecule has 0 unspecified atom stereocenters. The predicted molar refractivity (Wildman–Crippen MR) is 67.7 cm³/mol. The second kappa shape index (κ2) is 4.94. The third-order valence-electron chi connectivity index (χ3n) is 3.43. The van der Waals surface area contributed by atoms with Crippen molar-refractivity contribution in [2.45, 2.75) is 32.7 Å². The van der Waals surface area contributed by atoms with Crippen LogP contribution in [0.2, 0.25) is 0 Å². The van der Waals surface area contributed by atoms with Gasteiger partial charge in [0.05, 0.1) is 12.6 Å². The summed E-state index contributed by atoms with van der Waals surface area (Å²) in [5.74, 6) is -0.273. The smallest absolute Gasteiger partial charge is 0.261 e. The van der Waals surface area contributed by atoms with Crippen LogP contribution in [0.5, 0.6) is 0 Å². The Bertz CT molecular complexity index is 521. The average molecular weight is 250 g/mol. The molecular formula is C13H18N2O3. The summed E-state index contributed by atoms with van der Waals surface area (Å²) in [6.07, 6.45) is 1.67. The van der Waals surface area contributed by atoms with E-state index < -0.39 is 0 Å². The van der Waals surface area contributed by atoms with Crippen LogP contribution in [-0.4, -0.2) is 40.1 Å². The average Bonchev–Trinajstić information content (AvgIpc) is 2.75. The fourth-order valence-electron chi connectivity index (χ4n) is 2.56. The Morgan fingerprint density at radius 2 is 2.28 bits per heavy atom. The maximum Gasteiger partial charge on any atom is 0.261 e. The molecule has 0 saturated carbocycles. The number of amides is 1. The number of nitrogens with zero attached hydrogens (tertiary/aromatic N) is 1. The molecule has 0 bridgehead atoms. The van der Waals surface area contributed by atoms with Gasteiger partial charge in [-0.2, -0.15) is 0 Å². The van der Waals surface area contributed by atoms with E-state index in [2.05, 4.69) is 4.98 Å². The molecule has 0 radical (unpaired) electrons. The van der Waals surface area contributed by atoms with Crippen molar-refractivity contribution in [3.8, 4) is 0 Å². The quantitative estimate of drug-likeness (QED) is 0.806. The maximum absolute atomic E-state index is 12.4. The molecule has 5 heteroatoms. The number of carbonyl (C=O) groups excluding carboxylic acids is 1. The van der Waals surface area contributed by atoms with Crippen LogP contribution in [0.4, 0.5) is 0 Å². The predicted octanol–water partition coefficient (Wildman–Crippen LogP) is 0.589. The number of aliphatic hydroxyl groups excluding tert-OH is 1. The fraction of sp³-hybridized carbons (Fsp3) is 0.538. The Kier molecular flexibility index (Phi) is 3.52. The van der Waals surface area contributed by atoms with E-state index in [-0.39, 0.29) is 29.7 Å². The van der Waals surface area contributed by atoms with Crippen molar-refractivity contribution in [1.29, 1.82) is 0 Å². The zero-order valence-corrected chi connectivity index (χ0v) is 10.7. The van der Waals surface area contributed by atoms with Crippen LogP contribution in [0.1, 0.15) is 34.5 Å². The van der Waals surface area contributed by atoms with Crippen LogP contribution in [0.25, 0.3) is 0 Å². The minimum Gasteiger partial charge on any atom is -0.394 e. The molecule has 1 aromatic heterocycles. The molecule has 0 spiro atoms. The van der Waals surface area contributed by atoms with Gasteiger partial charge in [0.2, 0.25) is 0 Å². The number of carbonyl (C=O) groups is 1. The van der Waals surface area contributed by atoms with Crippen LogP contribution in [0.3, 0.4) is 0 Å². The number of hydrogen-bond donors (Lipinski definition) is 2. The zero-order chi connectivity index (χ0) is 13.3. The molecule has 1 fully saturated rings. The van der Waals surface area contributed by atoms with E-state index in [0.717, 1.165) is 18.5 Å². The van der Waals surface area contributed by atoms with Gasteiger partial charge in [-0.25, -0.2) is 0 Å². The van der Waals surface area contributed by atoms with Gasteiger partial charge in [0.25, 0.3) is 11.5 Å². The third-order valence-corrected chi connectivity index (χ3v) is 3.43. The standard InChI is InChI=1S/C13H18N2O3/c1-8-6-9(2)14-12(17)11(8)13(18)15-5-3-4-10(15)7-16/h6,10,16H,3-5,7H2,1-2H3,(H,14,17)/t10-/m0/s1. The van der Waals surface area contributed by atoms with Crippen molar-refractivity contribution in [3.63, 3.8) is 0 Å². The number of pyridine rings is 1. The molecule has 18 heavy (non-hydrogen) atoms. The van der Waals surface area contributed by atoms with Crippen molar-refractivity contribution in [3.05, 3.63) is 33.2 Å². The van der Waals surface area contributed by atoms with E-state index in [1.807, 2.05) is 0 Å². The highest BCUT2D eigenvalue weighted by atomic mass is 16.3. The normalized spacial score (nSPS) is 19.3. The zero-order valence-electron chi connectivity index (χ0n) is 10.7. The first-order valence-corrected chi connectivity index (χ1v) is 6.17. The fourth-order valence-corrected chi connectivity index (χ4v) is 2.56. The molecule has 2 heterocycles. The van der Waals surface area contributed by atoms with E-state index >= 15 is 0 Å². The topological polar surface area (TPSA) is 73.4 Å². The van der Waals surface area contributed by atoms with Crippen LogP contribution >= 0.6 is 0 Å². The summed E-state index contributed by atoms with van der Waals surface area (Å²) in [4.78, 5) is 28.5. The number of rotatable bonds is 2. The Labute approximate surface area is 105 Å². The van der Waals surface area contributed by atoms with Gasteiger partial charge in [-0.3, -0.25) is 9.59 Å². The van der Waals surface area contributed by atoms with E-state index in [1.165, 1.54) is 0 Å². The van der Waals surface area contributed by atoms with Gasteiger partial charge in [0.15, 0.2) is 0 Å². The lowest BCUT2D eigenvalue weighted by Crippen LogP contribution is -2.40. The number of aryl methyl sites for hydroxylation is 2. The van der Waals surface area contributed by atoms with Gasteiger partial charge in [0, 0.05) is 12.2 Å². The number of aliphatic hydroxyl groups is 1. The van der Waals surface area contributed by atoms with Gasteiger partial charge < -0.3 is 15.0 Å². The second-order valence-electron chi connectivity index (χ2n) is 4.82. The Morgan fingerprint density at radius 3 is 2.89 bits per heavy atom. The summed E-state index contributed by atoms with van der Waals surface area (Å²) in [6.45, 7) is 4.11. The van der Waals surface area contributed by atoms with Gasteiger partial charge in [-0.05, 0) is 38.3 Å². The monoisotopic (exact) mass is 250 g/mol. The Hall–Kier alpha value is -1.62. The molecule has 1 aliphatic heterocycles. The molecule has 0 aromatic carbocycles. The number of aromatic nitrogens is 1. The highest BCUT2D eigenvalue weighted by Crippen LogP contribution is 2.19. The van der Waals surface area contributed by atoms with Crippen molar-refractivity contribution in [1.82, 2.24) is 9.88 Å².